The summed E-state index contributed by atoms with van der Waals surface area (Å²) >= 11 is 6.00. The molecule has 2 aromatic heterocycles. The van der Waals surface area contributed by atoms with E-state index in [1.165, 1.54) is 24.7 Å². The molecule has 7 heteroatoms. The van der Waals surface area contributed by atoms with Gasteiger partial charge in [0.15, 0.2) is 0 Å². The first kappa shape index (κ1) is 14.6. The van der Waals surface area contributed by atoms with E-state index in [1.54, 1.807) is 30.3 Å². The van der Waals surface area contributed by atoms with E-state index >= 15 is 0 Å². The zero-order chi connectivity index (χ0) is 16.7. The molecule has 0 bridgehead atoms. The lowest BCUT2D eigenvalue weighted by atomic mass is 10.2. The third kappa shape index (κ3) is 2.47. The van der Waals surface area contributed by atoms with Crippen LogP contribution in [0.3, 0.4) is 0 Å². The summed E-state index contributed by atoms with van der Waals surface area (Å²) < 4.78 is 14.3. The minimum absolute atomic E-state index is 0.339. The first-order valence-electron chi connectivity index (χ1n) is 7.10. The Bertz CT molecular complexity index is 1160. The smallest absolute Gasteiger partial charge is 0.298 e. The van der Waals surface area contributed by atoms with Crippen molar-refractivity contribution in [1.29, 1.82) is 0 Å². The molecule has 1 N–H and O–H groups in total. The third-order valence-corrected chi connectivity index (χ3v) is 3.87. The Morgan fingerprint density at radius 3 is 2.96 bits per heavy atom. The van der Waals surface area contributed by atoms with Crippen LogP contribution < -0.4 is 5.56 Å². The maximum atomic E-state index is 13.2. The number of hydrogen-bond acceptors (Lipinski definition) is 3. The van der Waals surface area contributed by atoms with Gasteiger partial charge in [0, 0.05) is 15.9 Å². The van der Waals surface area contributed by atoms with Gasteiger partial charge in [0.1, 0.15) is 23.2 Å². The van der Waals surface area contributed by atoms with Crippen molar-refractivity contribution in [2.45, 2.75) is 0 Å². The van der Waals surface area contributed by atoms with E-state index in [0.29, 0.717) is 21.6 Å². The number of halogens is 2. The lowest BCUT2D eigenvalue weighted by Gasteiger charge is -1.98. The molecule has 2 aromatic carbocycles. The Morgan fingerprint density at radius 2 is 2.12 bits per heavy atom. The SMILES string of the molecule is O=c1c2[nH]c3ccc(Cl)cc3c2ncn1N=Cc1cccc(F)c1. The summed E-state index contributed by atoms with van der Waals surface area (Å²) in [7, 11) is 0. The second-order valence-corrected chi connectivity index (χ2v) is 5.67. The summed E-state index contributed by atoms with van der Waals surface area (Å²) in [6, 6.07) is 11.2. The lowest BCUT2D eigenvalue weighted by molar-refractivity contribution is 0.627. The average molecular weight is 341 g/mol. The fourth-order valence-corrected chi connectivity index (χ4v) is 2.69. The largest absolute Gasteiger partial charge is 0.349 e. The van der Waals surface area contributed by atoms with E-state index in [-0.39, 0.29) is 11.4 Å². The van der Waals surface area contributed by atoms with Gasteiger partial charge in [-0.05, 0) is 35.9 Å². The predicted molar refractivity (Wildman–Crippen MR) is 92.3 cm³/mol. The molecule has 0 fully saturated rings. The van der Waals surface area contributed by atoms with Gasteiger partial charge in [-0.2, -0.15) is 9.78 Å². The number of nitrogens with one attached hydrogen (secondary N) is 1. The average Bonchev–Trinajstić information content (AvgIpc) is 2.93. The minimum atomic E-state index is -0.368. The Hall–Kier alpha value is -2.99. The molecule has 0 aliphatic heterocycles. The molecule has 0 aliphatic rings. The Balaban J connectivity index is 1.84. The van der Waals surface area contributed by atoms with Crippen molar-refractivity contribution in [3.05, 3.63) is 75.5 Å². The van der Waals surface area contributed by atoms with Gasteiger partial charge in [-0.3, -0.25) is 4.79 Å². The number of hydrogen-bond donors (Lipinski definition) is 1. The van der Waals surface area contributed by atoms with Gasteiger partial charge in [0.25, 0.3) is 5.56 Å². The van der Waals surface area contributed by atoms with Gasteiger partial charge in [0.05, 0.1) is 6.21 Å². The monoisotopic (exact) mass is 340 g/mol. The molecule has 24 heavy (non-hydrogen) atoms. The zero-order valence-electron chi connectivity index (χ0n) is 12.2. The topological polar surface area (TPSA) is 63.0 Å². The van der Waals surface area contributed by atoms with Gasteiger partial charge in [-0.25, -0.2) is 9.37 Å². The molecular formula is C17H10ClFN4O. The van der Waals surface area contributed by atoms with Gasteiger partial charge in [-0.1, -0.05) is 23.7 Å². The number of aromatic amines is 1. The van der Waals surface area contributed by atoms with E-state index in [4.69, 9.17) is 11.6 Å². The molecule has 0 radical (unpaired) electrons. The molecule has 0 aliphatic carbocycles. The molecule has 0 atom stereocenters. The van der Waals surface area contributed by atoms with Crippen molar-refractivity contribution < 1.29 is 4.39 Å². The van der Waals surface area contributed by atoms with Crippen LogP contribution >= 0.6 is 11.6 Å². The number of aromatic nitrogens is 3. The Kier molecular flexibility index (Phi) is 3.39. The summed E-state index contributed by atoms with van der Waals surface area (Å²) in [5.74, 6) is -0.368. The molecule has 0 saturated heterocycles. The third-order valence-electron chi connectivity index (χ3n) is 3.63. The van der Waals surface area contributed by atoms with Crippen LogP contribution in [-0.4, -0.2) is 20.9 Å². The zero-order valence-corrected chi connectivity index (χ0v) is 13.0. The first-order valence-corrected chi connectivity index (χ1v) is 7.48. The predicted octanol–water partition coefficient (Wildman–Crippen LogP) is 3.55. The standard InChI is InChI=1S/C17H10ClFN4O/c18-11-4-5-14-13(7-11)15-16(22-14)17(24)23(9-20-15)21-8-10-2-1-3-12(19)6-10/h1-9,22H. The molecule has 0 unspecified atom stereocenters. The first-order chi connectivity index (χ1) is 11.6. The summed E-state index contributed by atoms with van der Waals surface area (Å²) in [4.78, 5) is 19.9. The highest BCUT2D eigenvalue weighted by molar-refractivity contribution is 6.31. The van der Waals surface area contributed by atoms with Crippen LogP contribution in [-0.2, 0) is 0 Å². The van der Waals surface area contributed by atoms with Crippen LogP contribution in [0.1, 0.15) is 5.56 Å². The van der Waals surface area contributed by atoms with Crippen LogP contribution in [0, 0.1) is 5.82 Å². The van der Waals surface area contributed by atoms with Crippen LogP contribution in [0.25, 0.3) is 21.9 Å². The van der Waals surface area contributed by atoms with Crippen molar-refractivity contribution in [2.75, 3.05) is 0 Å². The molecular weight excluding hydrogens is 331 g/mol. The van der Waals surface area contributed by atoms with Gasteiger partial charge in [0.2, 0.25) is 0 Å². The van der Waals surface area contributed by atoms with Crippen molar-refractivity contribution >= 4 is 39.8 Å². The number of H-pyrrole nitrogens is 1. The fourth-order valence-electron chi connectivity index (χ4n) is 2.52. The van der Waals surface area contributed by atoms with E-state index in [9.17, 15) is 9.18 Å². The summed E-state index contributed by atoms with van der Waals surface area (Å²) in [5, 5.41) is 5.40. The van der Waals surface area contributed by atoms with Crippen LogP contribution in [0.4, 0.5) is 4.39 Å². The van der Waals surface area contributed by atoms with Crippen LogP contribution in [0.5, 0.6) is 0 Å². The molecule has 0 spiro atoms. The minimum Gasteiger partial charge on any atom is -0.349 e. The molecule has 4 rings (SSSR count). The normalized spacial score (nSPS) is 11.8. The molecule has 0 saturated carbocycles. The quantitative estimate of drug-likeness (QED) is 0.567. The molecule has 5 nitrogen and oxygen atoms in total. The van der Waals surface area contributed by atoms with Crippen molar-refractivity contribution in [2.24, 2.45) is 5.10 Å². The Morgan fingerprint density at radius 1 is 1.25 bits per heavy atom. The van der Waals surface area contributed by atoms with Crippen LogP contribution in [0.15, 0.2) is 58.7 Å². The molecule has 0 amide bonds. The summed E-state index contributed by atoms with van der Waals surface area (Å²) in [6.45, 7) is 0. The highest BCUT2D eigenvalue weighted by Gasteiger charge is 2.10. The van der Waals surface area contributed by atoms with Gasteiger partial charge >= 0.3 is 0 Å². The highest BCUT2D eigenvalue weighted by Crippen LogP contribution is 2.24. The van der Waals surface area contributed by atoms with E-state index in [0.717, 1.165) is 15.6 Å². The van der Waals surface area contributed by atoms with E-state index < -0.39 is 0 Å². The Labute approximate surface area is 140 Å². The van der Waals surface area contributed by atoms with E-state index in [2.05, 4.69) is 15.1 Å². The number of rotatable bonds is 2. The molecule has 4 aromatic rings. The fraction of sp³-hybridized carbons (Fsp3) is 0. The van der Waals surface area contributed by atoms with Crippen molar-refractivity contribution in [3.8, 4) is 0 Å². The second kappa shape index (κ2) is 5.58. The highest BCUT2D eigenvalue weighted by atomic mass is 35.5. The number of fused-ring (bicyclic) bond motifs is 3. The van der Waals surface area contributed by atoms with Crippen molar-refractivity contribution in [1.82, 2.24) is 14.6 Å². The maximum absolute atomic E-state index is 13.2. The van der Waals surface area contributed by atoms with Crippen molar-refractivity contribution in [3.63, 3.8) is 0 Å². The second-order valence-electron chi connectivity index (χ2n) is 5.23. The number of nitrogens with zero attached hydrogens (tertiary/aromatic N) is 3. The lowest BCUT2D eigenvalue weighted by Crippen LogP contribution is -2.17. The summed E-state index contributed by atoms with van der Waals surface area (Å²) in [6.07, 6.45) is 2.73. The number of benzene rings is 2. The van der Waals surface area contributed by atoms with Gasteiger partial charge < -0.3 is 4.98 Å². The maximum Gasteiger partial charge on any atom is 0.298 e. The van der Waals surface area contributed by atoms with Crippen LogP contribution in [0.2, 0.25) is 5.02 Å². The molecule has 2 heterocycles. The van der Waals surface area contributed by atoms with Gasteiger partial charge in [-0.15, -0.1) is 0 Å². The molecule has 118 valence electrons. The summed E-state index contributed by atoms with van der Waals surface area (Å²) in [5.41, 5.74) is 1.84. The van der Waals surface area contributed by atoms with E-state index in [1.807, 2.05) is 0 Å².